The van der Waals surface area contributed by atoms with Gasteiger partial charge in [-0.1, -0.05) is 121 Å². The van der Waals surface area contributed by atoms with E-state index in [4.69, 9.17) is 8.83 Å². The summed E-state index contributed by atoms with van der Waals surface area (Å²) in [5, 5.41) is 8.26. The SMILES string of the molecule is c1ccc(-c2c3ccccc3c(-c3ccc(-c4cccc5c4oc4c6ccoc6ccc54)cc3)c3ccccc23)cc1. The van der Waals surface area contributed by atoms with Crippen LogP contribution in [0, 0.1) is 0 Å². The Morgan fingerprint density at radius 3 is 1.55 bits per heavy atom. The van der Waals surface area contributed by atoms with E-state index in [1.165, 1.54) is 43.8 Å². The summed E-state index contributed by atoms with van der Waals surface area (Å²) >= 11 is 0. The molecule has 0 saturated carbocycles. The van der Waals surface area contributed by atoms with Crippen molar-refractivity contribution in [3.63, 3.8) is 0 Å². The summed E-state index contributed by atoms with van der Waals surface area (Å²) < 4.78 is 12.2. The molecule has 0 amide bonds. The van der Waals surface area contributed by atoms with Gasteiger partial charge >= 0.3 is 0 Å². The number of benzene rings is 7. The van der Waals surface area contributed by atoms with Gasteiger partial charge in [-0.3, -0.25) is 0 Å². The molecule has 0 bridgehead atoms. The van der Waals surface area contributed by atoms with E-state index < -0.39 is 0 Å². The zero-order valence-electron chi connectivity index (χ0n) is 22.7. The molecule has 7 aromatic carbocycles. The maximum Gasteiger partial charge on any atom is 0.146 e. The van der Waals surface area contributed by atoms with Crippen LogP contribution in [0.15, 0.2) is 155 Å². The summed E-state index contributed by atoms with van der Waals surface area (Å²) in [5.41, 5.74) is 9.80. The number of fused-ring (bicyclic) bond motifs is 7. The second-order valence-electron chi connectivity index (χ2n) is 10.8. The molecule has 2 aromatic heterocycles. The van der Waals surface area contributed by atoms with Gasteiger partial charge in [-0.05, 0) is 67.6 Å². The molecule has 0 unspecified atom stereocenters. The third-order valence-corrected chi connectivity index (χ3v) is 8.57. The minimum Gasteiger partial charge on any atom is -0.464 e. The summed E-state index contributed by atoms with van der Waals surface area (Å²) in [7, 11) is 0. The van der Waals surface area contributed by atoms with Crippen molar-refractivity contribution in [3.05, 3.63) is 146 Å². The van der Waals surface area contributed by atoms with Crippen LogP contribution in [0.1, 0.15) is 0 Å². The molecule has 9 aromatic rings. The highest BCUT2D eigenvalue weighted by molar-refractivity contribution is 6.21. The van der Waals surface area contributed by atoms with Crippen molar-refractivity contribution >= 4 is 54.5 Å². The maximum absolute atomic E-state index is 6.54. The van der Waals surface area contributed by atoms with Crippen LogP contribution in [-0.4, -0.2) is 0 Å². The van der Waals surface area contributed by atoms with E-state index in [1.54, 1.807) is 6.26 Å². The highest BCUT2D eigenvalue weighted by atomic mass is 16.3. The molecule has 2 nitrogen and oxygen atoms in total. The van der Waals surface area contributed by atoms with Crippen LogP contribution in [0.4, 0.5) is 0 Å². The van der Waals surface area contributed by atoms with Crippen molar-refractivity contribution in [1.82, 2.24) is 0 Å². The predicted octanol–water partition coefficient (Wildman–Crippen LogP) is 11.6. The van der Waals surface area contributed by atoms with Gasteiger partial charge in [0.15, 0.2) is 0 Å². The lowest BCUT2D eigenvalue weighted by Gasteiger charge is -2.18. The van der Waals surface area contributed by atoms with E-state index in [2.05, 4.69) is 127 Å². The molecule has 196 valence electrons. The average Bonchev–Trinajstić information content (AvgIpc) is 3.69. The number of para-hydroxylation sites is 1. The first-order valence-electron chi connectivity index (χ1n) is 14.3. The van der Waals surface area contributed by atoms with Crippen molar-refractivity contribution in [3.8, 4) is 33.4 Å². The minimum atomic E-state index is 0.838. The van der Waals surface area contributed by atoms with Gasteiger partial charge in [-0.2, -0.15) is 0 Å². The summed E-state index contributed by atoms with van der Waals surface area (Å²) in [4.78, 5) is 0. The highest BCUT2D eigenvalue weighted by Gasteiger charge is 2.18. The summed E-state index contributed by atoms with van der Waals surface area (Å²) in [6.07, 6.45) is 1.72. The predicted molar refractivity (Wildman–Crippen MR) is 175 cm³/mol. The Bertz CT molecular complexity index is 2380. The third-order valence-electron chi connectivity index (χ3n) is 8.57. The van der Waals surface area contributed by atoms with Crippen molar-refractivity contribution < 1.29 is 8.83 Å². The fraction of sp³-hybridized carbons (Fsp3) is 0. The lowest BCUT2D eigenvalue weighted by molar-refractivity contribution is 0.615. The standard InChI is InChI=1S/C40H24O2/c1-2-9-26(10-3-1)37-29-11-4-6-13-31(29)38(32-14-7-5-12-30(32)37)27-19-17-25(18-20-27)28-15-8-16-33-34-21-22-36-35(23-24-41-36)40(34)42-39(28)33/h1-24H. The summed E-state index contributed by atoms with van der Waals surface area (Å²) in [6.45, 7) is 0. The summed E-state index contributed by atoms with van der Waals surface area (Å²) in [6, 6.07) is 49.7. The normalized spacial score (nSPS) is 11.8. The van der Waals surface area contributed by atoms with Crippen molar-refractivity contribution in [2.45, 2.75) is 0 Å². The summed E-state index contributed by atoms with van der Waals surface area (Å²) in [5.74, 6) is 0. The van der Waals surface area contributed by atoms with E-state index in [1.807, 2.05) is 12.1 Å². The van der Waals surface area contributed by atoms with Crippen molar-refractivity contribution in [2.24, 2.45) is 0 Å². The topological polar surface area (TPSA) is 26.3 Å². The van der Waals surface area contributed by atoms with Gasteiger partial charge < -0.3 is 8.83 Å². The molecule has 2 heterocycles. The van der Waals surface area contributed by atoms with E-state index >= 15 is 0 Å². The molecule has 0 radical (unpaired) electrons. The van der Waals surface area contributed by atoms with Crippen molar-refractivity contribution in [1.29, 1.82) is 0 Å². The van der Waals surface area contributed by atoms with Crippen LogP contribution < -0.4 is 0 Å². The first-order chi connectivity index (χ1) is 20.8. The zero-order valence-corrected chi connectivity index (χ0v) is 22.7. The van der Waals surface area contributed by atoms with Crippen LogP contribution in [-0.2, 0) is 0 Å². The molecule has 0 aliphatic carbocycles. The van der Waals surface area contributed by atoms with Crippen LogP contribution >= 0.6 is 0 Å². The van der Waals surface area contributed by atoms with E-state index in [9.17, 15) is 0 Å². The first-order valence-corrected chi connectivity index (χ1v) is 14.3. The van der Waals surface area contributed by atoms with E-state index in [-0.39, 0.29) is 0 Å². The molecule has 0 N–H and O–H groups in total. The Kier molecular flexibility index (Phi) is 4.93. The largest absolute Gasteiger partial charge is 0.464 e. The number of hydrogen-bond acceptors (Lipinski definition) is 2. The molecule has 0 atom stereocenters. The lowest BCUT2D eigenvalue weighted by atomic mass is 9.85. The zero-order chi connectivity index (χ0) is 27.6. The molecule has 0 saturated heterocycles. The quantitative estimate of drug-likeness (QED) is 0.210. The molecular weight excluding hydrogens is 512 g/mol. The third kappa shape index (κ3) is 3.33. The monoisotopic (exact) mass is 536 g/mol. The highest BCUT2D eigenvalue weighted by Crippen LogP contribution is 2.44. The van der Waals surface area contributed by atoms with Gasteiger partial charge in [0.2, 0.25) is 0 Å². The fourth-order valence-corrected chi connectivity index (χ4v) is 6.70. The van der Waals surface area contributed by atoms with Crippen LogP contribution in [0.5, 0.6) is 0 Å². The Morgan fingerprint density at radius 1 is 0.333 bits per heavy atom. The molecule has 42 heavy (non-hydrogen) atoms. The fourth-order valence-electron chi connectivity index (χ4n) is 6.70. The maximum atomic E-state index is 6.54. The number of hydrogen-bond donors (Lipinski definition) is 0. The first kappa shape index (κ1) is 23.1. The van der Waals surface area contributed by atoms with Gasteiger partial charge in [0, 0.05) is 16.3 Å². The van der Waals surface area contributed by atoms with Gasteiger partial charge in [-0.15, -0.1) is 0 Å². The van der Waals surface area contributed by atoms with Crippen molar-refractivity contribution in [2.75, 3.05) is 0 Å². The Balaban J connectivity index is 1.25. The molecule has 9 rings (SSSR count). The van der Waals surface area contributed by atoms with E-state index in [0.717, 1.165) is 44.0 Å². The van der Waals surface area contributed by atoms with Crippen LogP contribution in [0.25, 0.3) is 87.8 Å². The van der Waals surface area contributed by atoms with Gasteiger partial charge in [-0.25, -0.2) is 0 Å². The minimum absolute atomic E-state index is 0.838. The molecule has 0 aliphatic rings. The Hall–Kier alpha value is -5.60. The smallest absolute Gasteiger partial charge is 0.146 e. The molecule has 0 spiro atoms. The molecular formula is C40H24O2. The lowest BCUT2D eigenvalue weighted by Crippen LogP contribution is -1.90. The molecule has 0 aliphatic heterocycles. The molecule has 2 heteroatoms. The Labute approximate surface area is 242 Å². The average molecular weight is 537 g/mol. The Morgan fingerprint density at radius 2 is 0.881 bits per heavy atom. The number of furan rings is 2. The van der Waals surface area contributed by atoms with E-state index in [0.29, 0.717) is 0 Å². The van der Waals surface area contributed by atoms with Gasteiger partial charge in [0.1, 0.15) is 16.7 Å². The van der Waals surface area contributed by atoms with Gasteiger partial charge in [0.05, 0.1) is 11.6 Å². The van der Waals surface area contributed by atoms with Crippen LogP contribution in [0.3, 0.4) is 0 Å². The second kappa shape index (κ2) is 8.95. The van der Waals surface area contributed by atoms with Crippen LogP contribution in [0.2, 0.25) is 0 Å². The molecule has 0 fully saturated rings. The van der Waals surface area contributed by atoms with Gasteiger partial charge in [0.25, 0.3) is 0 Å². The second-order valence-corrected chi connectivity index (χ2v) is 10.8. The number of rotatable bonds is 3.